The van der Waals surface area contributed by atoms with Crippen LogP contribution >= 0.6 is 0 Å². The van der Waals surface area contributed by atoms with E-state index in [4.69, 9.17) is 51.1 Å². The smallest absolute Gasteiger partial charge is 0.190 e. The molecule has 0 rings (SSSR count). The quantitative estimate of drug-likeness (QED) is 0.0204. The van der Waals surface area contributed by atoms with E-state index in [2.05, 4.69) is 100 Å². The van der Waals surface area contributed by atoms with E-state index in [9.17, 15) is 0 Å². The Morgan fingerprint density at radius 1 is 0.333 bits per heavy atom. The minimum atomic E-state index is -0.750. The molecule has 0 amide bonds. The van der Waals surface area contributed by atoms with Gasteiger partial charge >= 0.3 is 0 Å². The summed E-state index contributed by atoms with van der Waals surface area (Å²) in [6.45, 7) is 44.3. The van der Waals surface area contributed by atoms with Gasteiger partial charge in [-0.3, -0.25) is 9.80 Å². The first-order valence-electron chi connectivity index (χ1n) is 32.9. The van der Waals surface area contributed by atoms with Crippen molar-refractivity contribution in [2.24, 2.45) is 0 Å². The molecule has 0 aromatic carbocycles. The number of quaternary nitrogens is 12. The molecule has 0 aromatic rings. The predicted octanol–water partition coefficient (Wildman–Crippen LogP) is -7.51. The summed E-state index contributed by atoms with van der Waals surface area (Å²) in [4.78, 5) is 2.44. The van der Waals surface area contributed by atoms with E-state index in [0.29, 0.717) is 18.1 Å². The van der Waals surface area contributed by atoms with Gasteiger partial charge in [-0.05, 0) is 91.4 Å². The Balaban J connectivity index is -0.0000000649. The summed E-state index contributed by atoms with van der Waals surface area (Å²) in [7, 11) is 0. The molecule has 0 aliphatic carbocycles. The van der Waals surface area contributed by atoms with Crippen molar-refractivity contribution in [3.63, 3.8) is 0 Å². The number of aliphatic hydroxyl groups is 10. The van der Waals surface area contributed by atoms with E-state index in [1.54, 1.807) is 5.32 Å². The van der Waals surface area contributed by atoms with Crippen LogP contribution in [0.4, 0.5) is 0 Å². The maximum atomic E-state index is 9.00. The number of unbranched alkanes of at least 4 members (excludes halogenated alkanes) is 11. The Morgan fingerprint density at radius 2 is 0.691 bits per heavy atom. The van der Waals surface area contributed by atoms with Crippen molar-refractivity contribution in [3.8, 4) is 0 Å². The summed E-state index contributed by atoms with van der Waals surface area (Å²) in [5.41, 5.74) is 22.0. The fourth-order valence-electron chi connectivity index (χ4n) is 5.72. The minimum absolute atomic E-state index is 0.0208. The van der Waals surface area contributed by atoms with Gasteiger partial charge in [-0.2, -0.15) is 0 Å². The van der Waals surface area contributed by atoms with Crippen molar-refractivity contribution in [2.75, 3.05) is 145 Å². The van der Waals surface area contributed by atoms with Crippen molar-refractivity contribution in [3.05, 3.63) is 0 Å². The first kappa shape index (κ1) is 108. The third-order valence-corrected chi connectivity index (χ3v) is 10.8. The normalized spacial score (nSPS) is 11.1. The second-order valence-electron chi connectivity index (χ2n) is 19.5. The average Bonchev–Trinajstić information content (AvgIpc) is 3.44. The molecule has 37 N–H and O–H groups in total. The van der Waals surface area contributed by atoms with Gasteiger partial charge in [-0.15, -0.1) is 0 Å². The van der Waals surface area contributed by atoms with Gasteiger partial charge in [-0.25, -0.2) is 0 Å². The van der Waals surface area contributed by atoms with Gasteiger partial charge in [0.15, 0.2) is 38.9 Å². The van der Waals surface area contributed by atoms with E-state index in [1.807, 2.05) is 20.8 Å². The third-order valence-electron chi connectivity index (χ3n) is 10.8. The second kappa shape index (κ2) is 125. The summed E-state index contributed by atoms with van der Waals surface area (Å²) in [6.07, 6.45) is 23.6. The lowest BCUT2D eigenvalue weighted by atomic mass is 10.2. The molecule has 0 aliphatic heterocycles. The first-order chi connectivity index (χ1) is 38.9. The minimum Gasteiger partial charge on any atom is -0.396 e. The highest BCUT2D eigenvalue weighted by molar-refractivity contribution is 4.39. The number of hydrogen-bond donors (Lipinski definition) is 22. The Morgan fingerprint density at radius 3 is 0.901 bits per heavy atom. The van der Waals surface area contributed by atoms with Crippen LogP contribution in [0.25, 0.3) is 0 Å². The van der Waals surface area contributed by atoms with Gasteiger partial charge < -0.3 is 106 Å². The zero-order valence-corrected chi connectivity index (χ0v) is 57.4. The van der Waals surface area contributed by atoms with E-state index in [1.165, 1.54) is 148 Å². The van der Waals surface area contributed by atoms with Gasteiger partial charge in [0.25, 0.3) is 0 Å². The maximum Gasteiger partial charge on any atom is 0.190 e. The average molecular weight is 1200 g/mol. The molecule has 0 bridgehead atoms. The van der Waals surface area contributed by atoms with Crippen LogP contribution < -0.4 is 65.1 Å². The molecular formula is C59H166N12O10+12. The standard InChI is InChI=1S/C7H17NO2.C7H17NO.C7H17N.C6H15NO3.C6H15N.C5H13NO.C5H13N.C4H11NO2.C4H11N.C3H9NO.C3H9N.C2H7N/c1-2-3-8(4-6-9)5-7-10;1-2-3-5-8-6-4-7-9;1-2-3-4-5-6-7-8;1-4(8)7(5(2)9)6(3)10;1-2-3-4-5-6-7;1-2-3-6-4-5-7;1-2-3-4-5-6;1-2-5(3-6)4-7;1-2-3-4-5;1-2-4-3-5;1-2-3-4;1-2-3/h9-10H,2-7H2,1H3;8-9H,2-7H2,1H3;2-8H2,1H3;4-6,8-10H,1-3H3;2-7H2,1H3;6-7H,2-5H2,1H3;2-6H2,1H3;6-7H,2-4H2,1H3;2-5H2,1H3;4-5H,2-3H2,1H3;2-4H2,1H3;2-3H2,1H3/p+12. The molecule has 0 saturated carbocycles. The summed E-state index contributed by atoms with van der Waals surface area (Å²) in [5, 5.41) is 91.7. The first-order valence-corrected chi connectivity index (χ1v) is 32.9. The zero-order chi connectivity index (χ0) is 65.3. The molecule has 0 aromatic heterocycles. The fraction of sp³-hybridized carbons (Fsp3) is 1.00. The molecule has 22 nitrogen and oxygen atoms in total. The van der Waals surface area contributed by atoms with E-state index in [0.717, 1.165) is 109 Å². The Kier molecular flexibility index (Phi) is 167. The molecule has 0 aliphatic rings. The molecule has 0 radical (unpaired) electrons. The zero-order valence-electron chi connectivity index (χ0n) is 57.4. The van der Waals surface area contributed by atoms with E-state index < -0.39 is 18.7 Å². The largest absolute Gasteiger partial charge is 0.396 e. The summed E-state index contributed by atoms with van der Waals surface area (Å²) in [6, 6.07) is 0. The van der Waals surface area contributed by atoms with Crippen LogP contribution in [0.3, 0.4) is 0 Å². The Bertz CT molecular complexity index is 749. The highest BCUT2D eigenvalue weighted by atomic mass is 16.4. The third kappa shape index (κ3) is 167. The Labute approximate surface area is 503 Å². The summed E-state index contributed by atoms with van der Waals surface area (Å²) >= 11 is 0. The fourth-order valence-corrected chi connectivity index (χ4v) is 5.72. The maximum absolute atomic E-state index is 9.00. The Hall–Kier alpha value is -0.880. The van der Waals surface area contributed by atoms with Gasteiger partial charge in [0.2, 0.25) is 0 Å². The lowest BCUT2D eigenvalue weighted by Gasteiger charge is -2.26. The summed E-state index contributed by atoms with van der Waals surface area (Å²) < 4.78 is 0. The lowest BCUT2D eigenvalue weighted by Crippen LogP contribution is -3.21. The molecule has 0 heterocycles. The van der Waals surface area contributed by atoms with Gasteiger partial charge in [0, 0.05) is 33.8 Å². The van der Waals surface area contributed by atoms with Gasteiger partial charge in [0.1, 0.15) is 13.1 Å². The monoisotopic (exact) mass is 1200 g/mol. The molecule has 22 heteroatoms. The van der Waals surface area contributed by atoms with Crippen LogP contribution in [0, 0.1) is 0 Å². The van der Waals surface area contributed by atoms with Crippen LogP contribution in [0.1, 0.15) is 225 Å². The molecule has 3 unspecified atom stereocenters. The number of aliphatic hydroxyl groups excluding tert-OH is 10. The van der Waals surface area contributed by atoms with Crippen molar-refractivity contribution >= 4 is 0 Å². The van der Waals surface area contributed by atoms with Crippen molar-refractivity contribution in [1.29, 1.82) is 0 Å². The lowest BCUT2D eigenvalue weighted by molar-refractivity contribution is -1.02. The number of nitrogens with one attached hydrogen (secondary N) is 3. The predicted molar refractivity (Wildman–Crippen MR) is 338 cm³/mol. The highest BCUT2D eigenvalue weighted by Crippen LogP contribution is 1.99. The van der Waals surface area contributed by atoms with Gasteiger partial charge in [0.05, 0.1) is 105 Å². The van der Waals surface area contributed by atoms with Crippen LogP contribution in [-0.4, -0.2) is 215 Å². The van der Waals surface area contributed by atoms with Crippen LogP contribution in [-0.2, 0) is 0 Å². The molecular weight excluding hydrogens is 1040 g/mol. The molecule has 0 saturated heterocycles. The molecule has 0 spiro atoms. The van der Waals surface area contributed by atoms with Crippen molar-refractivity contribution in [1.82, 2.24) is 0 Å². The highest BCUT2D eigenvalue weighted by Gasteiger charge is 2.24. The van der Waals surface area contributed by atoms with Crippen LogP contribution in [0.2, 0.25) is 0 Å². The molecule has 81 heavy (non-hydrogen) atoms. The van der Waals surface area contributed by atoms with Gasteiger partial charge in [-0.1, -0.05) is 107 Å². The number of nitrogens with two attached hydrogens (primary N) is 3. The van der Waals surface area contributed by atoms with E-state index in [-0.39, 0.29) is 33.4 Å². The van der Waals surface area contributed by atoms with Crippen molar-refractivity contribution < 1.29 is 116 Å². The molecule has 3 atom stereocenters. The number of rotatable bonds is 39. The number of hydrogen-bond acceptors (Lipinski definition) is 10. The SMILES string of the molecule is CC(O)[NH+](C(C)O)C(C)O.CCCCCCC[NH3+].CCCCCC[NH3+].CCCCC[NH3+].CCCC[NH2+]CCCO.CCCC[NH3+].CCC[NH+](CCO)CCO.CCC[NH2+]CCO.CCC[NH3+].CC[NH+](CO)CO.CC[NH2+]CO.CC[NH3+]. The van der Waals surface area contributed by atoms with Crippen LogP contribution in [0.5, 0.6) is 0 Å². The molecule has 510 valence electrons. The molecule has 0 fully saturated rings. The van der Waals surface area contributed by atoms with Crippen LogP contribution in [0.15, 0.2) is 0 Å². The summed E-state index contributed by atoms with van der Waals surface area (Å²) in [5.74, 6) is 0. The van der Waals surface area contributed by atoms with E-state index >= 15 is 0 Å². The second-order valence-corrected chi connectivity index (χ2v) is 19.5. The van der Waals surface area contributed by atoms with Crippen molar-refractivity contribution in [2.45, 2.75) is 244 Å². The topological polar surface area (TPSA) is 431 Å².